The van der Waals surface area contributed by atoms with E-state index in [0.717, 1.165) is 12.8 Å². The highest BCUT2D eigenvalue weighted by Gasteiger charge is 2.41. The van der Waals surface area contributed by atoms with E-state index in [1.807, 2.05) is 0 Å². The van der Waals surface area contributed by atoms with Crippen molar-refractivity contribution in [2.45, 2.75) is 37.9 Å². The Labute approximate surface area is 152 Å². The van der Waals surface area contributed by atoms with Crippen molar-refractivity contribution in [3.8, 4) is 0 Å². The molecule has 2 aliphatic rings. The van der Waals surface area contributed by atoms with Crippen LogP contribution in [0, 0.1) is 23.0 Å². The Morgan fingerprint density at radius 1 is 1.27 bits per heavy atom. The molecule has 1 amide bonds. The molecule has 1 saturated heterocycles. The Hall–Kier alpha value is -2.00. The number of amides is 1. The maximum absolute atomic E-state index is 12.4. The van der Waals surface area contributed by atoms with Gasteiger partial charge in [-0.2, -0.15) is 0 Å². The Balaban J connectivity index is 1.53. The second-order valence-electron chi connectivity index (χ2n) is 7.00. The molecule has 0 aromatic heterocycles. The normalized spacial score (nSPS) is 19.3. The fraction of sp³-hybridized carbons (Fsp3) is 0.588. The number of carbonyl (C=O) groups excluding carboxylic acids is 1. The molecule has 0 atom stereocenters. The monoisotopic (exact) mass is 381 g/mol. The van der Waals surface area contributed by atoms with Gasteiger partial charge in [-0.25, -0.2) is 12.7 Å². The number of nitro groups is 1. The minimum atomic E-state index is -3.12. The van der Waals surface area contributed by atoms with Gasteiger partial charge in [0.15, 0.2) is 0 Å². The summed E-state index contributed by atoms with van der Waals surface area (Å²) in [6.07, 6.45) is 2.95. The van der Waals surface area contributed by atoms with Gasteiger partial charge in [0, 0.05) is 36.8 Å². The van der Waals surface area contributed by atoms with E-state index in [9.17, 15) is 23.3 Å². The lowest BCUT2D eigenvalue weighted by Crippen LogP contribution is -2.42. The molecule has 0 spiro atoms. The molecule has 1 aromatic carbocycles. The number of sulfonamides is 1. The maximum Gasteiger partial charge on any atom is 0.273 e. The maximum atomic E-state index is 12.4. The molecular weight excluding hydrogens is 358 g/mol. The third-order valence-electron chi connectivity index (χ3n) is 5.18. The Bertz CT molecular complexity index is 812. The highest BCUT2D eigenvalue weighted by molar-refractivity contribution is 7.90. The van der Waals surface area contributed by atoms with Crippen LogP contribution in [-0.2, 0) is 10.0 Å². The Morgan fingerprint density at radius 2 is 1.92 bits per heavy atom. The summed E-state index contributed by atoms with van der Waals surface area (Å²) in [5, 5.41) is 13.6. The number of nitrogens with one attached hydrogen (secondary N) is 1. The van der Waals surface area contributed by atoms with Crippen molar-refractivity contribution in [3.05, 3.63) is 39.4 Å². The molecule has 1 aromatic rings. The van der Waals surface area contributed by atoms with E-state index in [2.05, 4.69) is 5.32 Å². The van der Waals surface area contributed by atoms with Crippen molar-refractivity contribution in [3.63, 3.8) is 0 Å². The first-order valence-corrected chi connectivity index (χ1v) is 10.3. The summed E-state index contributed by atoms with van der Waals surface area (Å²) in [5.74, 6) is -0.122. The predicted octanol–water partition coefficient (Wildman–Crippen LogP) is 1.84. The number of rotatable bonds is 6. The largest absolute Gasteiger partial charge is 0.352 e. The molecule has 1 aliphatic carbocycles. The first kappa shape index (κ1) is 18.8. The van der Waals surface area contributed by atoms with Crippen LogP contribution in [0.25, 0.3) is 0 Å². The van der Waals surface area contributed by atoms with Gasteiger partial charge in [0.25, 0.3) is 11.6 Å². The van der Waals surface area contributed by atoms with Gasteiger partial charge in [0.1, 0.15) is 0 Å². The van der Waals surface area contributed by atoms with Gasteiger partial charge in [-0.05, 0) is 44.6 Å². The molecule has 0 unspecified atom stereocenters. The highest BCUT2D eigenvalue weighted by Crippen LogP contribution is 2.33. The first-order chi connectivity index (χ1) is 12.3. The third kappa shape index (κ3) is 3.88. The zero-order valence-electron chi connectivity index (χ0n) is 14.7. The van der Waals surface area contributed by atoms with Crippen molar-refractivity contribution in [1.82, 2.24) is 9.62 Å². The van der Waals surface area contributed by atoms with Gasteiger partial charge >= 0.3 is 0 Å². The van der Waals surface area contributed by atoms with E-state index < -0.39 is 14.9 Å². The van der Waals surface area contributed by atoms with Gasteiger partial charge < -0.3 is 5.32 Å². The average Bonchev–Trinajstić information content (AvgIpc) is 3.45. The van der Waals surface area contributed by atoms with E-state index in [1.165, 1.54) is 12.1 Å². The summed E-state index contributed by atoms with van der Waals surface area (Å²) < 4.78 is 26.0. The van der Waals surface area contributed by atoms with E-state index in [0.29, 0.717) is 43.6 Å². The van der Waals surface area contributed by atoms with Crippen LogP contribution in [0.1, 0.15) is 41.6 Å². The lowest BCUT2D eigenvalue weighted by Gasteiger charge is -2.31. The van der Waals surface area contributed by atoms with Crippen molar-refractivity contribution in [1.29, 1.82) is 0 Å². The smallest absolute Gasteiger partial charge is 0.273 e. The lowest BCUT2D eigenvalue weighted by molar-refractivity contribution is -0.385. The van der Waals surface area contributed by atoms with Crippen LogP contribution in [0.4, 0.5) is 5.69 Å². The van der Waals surface area contributed by atoms with Crippen LogP contribution in [-0.4, -0.2) is 48.4 Å². The molecular formula is C17H23N3O5S. The van der Waals surface area contributed by atoms with Crippen LogP contribution in [0.15, 0.2) is 18.2 Å². The average molecular weight is 381 g/mol. The fourth-order valence-corrected chi connectivity index (χ4v) is 5.22. The van der Waals surface area contributed by atoms with E-state index in [4.69, 9.17) is 0 Å². The minimum absolute atomic E-state index is 0.0729. The number of hydrogen-bond acceptors (Lipinski definition) is 5. The SMILES string of the molecule is Cc1c(C(=O)NCC2CCN(S(=O)(=O)C3CC3)CC2)cccc1[N+](=O)[O-]. The molecule has 1 aliphatic heterocycles. The second-order valence-corrected chi connectivity index (χ2v) is 9.22. The zero-order valence-corrected chi connectivity index (χ0v) is 15.5. The summed E-state index contributed by atoms with van der Waals surface area (Å²) in [4.78, 5) is 22.9. The number of carbonyl (C=O) groups is 1. The van der Waals surface area contributed by atoms with E-state index in [1.54, 1.807) is 17.3 Å². The van der Waals surface area contributed by atoms with Gasteiger partial charge in [-0.15, -0.1) is 0 Å². The van der Waals surface area contributed by atoms with Crippen molar-refractivity contribution in [2.24, 2.45) is 5.92 Å². The summed E-state index contributed by atoms with van der Waals surface area (Å²) in [7, 11) is -3.12. The summed E-state index contributed by atoms with van der Waals surface area (Å²) >= 11 is 0. The number of nitro benzene ring substituents is 1. The predicted molar refractivity (Wildman–Crippen MR) is 96.4 cm³/mol. The van der Waals surface area contributed by atoms with E-state index in [-0.39, 0.29) is 22.8 Å². The molecule has 1 heterocycles. The lowest BCUT2D eigenvalue weighted by atomic mass is 9.98. The van der Waals surface area contributed by atoms with Crippen LogP contribution in [0.3, 0.4) is 0 Å². The molecule has 26 heavy (non-hydrogen) atoms. The molecule has 8 nitrogen and oxygen atoms in total. The molecule has 3 rings (SSSR count). The molecule has 9 heteroatoms. The van der Waals surface area contributed by atoms with Crippen molar-refractivity contribution in [2.75, 3.05) is 19.6 Å². The standard InChI is InChI=1S/C17H23N3O5S/c1-12-15(3-2-4-16(12)20(22)23)17(21)18-11-13-7-9-19(10-8-13)26(24,25)14-5-6-14/h2-4,13-14H,5-11H2,1H3,(H,18,21). The van der Waals surface area contributed by atoms with Gasteiger partial charge in [-0.1, -0.05) is 6.07 Å². The van der Waals surface area contributed by atoms with Crippen molar-refractivity contribution >= 4 is 21.6 Å². The first-order valence-electron chi connectivity index (χ1n) is 8.82. The van der Waals surface area contributed by atoms with E-state index >= 15 is 0 Å². The molecule has 0 radical (unpaired) electrons. The van der Waals surface area contributed by atoms with Gasteiger partial charge in [-0.3, -0.25) is 14.9 Å². The third-order valence-corrected chi connectivity index (χ3v) is 7.58. The molecule has 0 bridgehead atoms. The minimum Gasteiger partial charge on any atom is -0.352 e. The topological polar surface area (TPSA) is 110 Å². The molecule has 1 N–H and O–H groups in total. The second kappa shape index (κ2) is 7.32. The van der Waals surface area contributed by atoms with Crippen LogP contribution < -0.4 is 5.32 Å². The molecule has 142 valence electrons. The summed E-state index contributed by atoms with van der Waals surface area (Å²) in [6.45, 7) is 3.00. The fourth-order valence-electron chi connectivity index (χ4n) is 3.34. The summed E-state index contributed by atoms with van der Waals surface area (Å²) in [5.41, 5.74) is 0.574. The Morgan fingerprint density at radius 3 is 2.50 bits per heavy atom. The number of piperidine rings is 1. The van der Waals surface area contributed by atoms with Gasteiger partial charge in [0.05, 0.1) is 10.2 Å². The van der Waals surface area contributed by atoms with Crippen LogP contribution >= 0.6 is 0 Å². The number of nitrogens with zero attached hydrogens (tertiary/aromatic N) is 2. The number of hydrogen-bond donors (Lipinski definition) is 1. The zero-order chi connectivity index (χ0) is 18.9. The Kier molecular flexibility index (Phi) is 5.29. The number of benzene rings is 1. The highest BCUT2D eigenvalue weighted by atomic mass is 32.2. The van der Waals surface area contributed by atoms with Crippen LogP contribution in [0.5, 0.6) is 0 Å². The molecule has 1 saturated carbocycles. The quantitative estimate of drug-likeness (QED) is 0.597. The van der Waals surface area contributed by atoms with Crippen molar-refractivity contribution < 1.29 is 18.1 Å². The van der Waals surface area contributed by atoms with Crippen LogP contribution in [0.2, 0.25) is 0 Å². The molecule has 2 fully saturated rings. The summed E-state index contributed by atoms with van der Waals surface area (Å²) in [6, 6.07) is 4.45. The van der Waals surface area contributed by atoms with Gasteiger partial charge in [0.2, 0.25) is 10.0 Å².